The van der Waals surface area contributed by atoms with Crippen LogP contribution in [0.2, 0.25) is 0 Å². The highest BCUT2D eigenvalue weighted by molar-refractivity contribution is 9.11. The lowest BCUT2D eigenvalue weighted by atomic mass is 10.1. The van der Waals surface area contributed by atoms with Gasteiger partial charge in [-0.15, -0.1) is 11.3 Å². The summed E-state index contributed by atoms with van der Waals surface area (Å²) in [7, 11) is 0. The maximum absolute atomic E-state index is 11.5. The summed E-state index contributed by atoms with van der Waals surface area (Å²) in [4.78, 5) is 23.5. The average Bonchev–Trinajstić information content (AvgIpc) is 2.87. The second kappa shape index (κ2) is 5.19. The molecule has 0 aromatic carbocycles. The number of hydrazone groups is 2. The van der Waals surface area contributed by atoms with E-state index in [2.05, 4.69) is 37.0 Å². The maximum Gasteiger partial charge on any atom is 0.258 e. The Hall–Kier alpha value is -1.54. The van der Waals surface area contributed by atoms with E-state index in [1.165, 1.54) is 23.8 Å². The van der Waals surface area contributed by atoms with Gasteiger partial charge in [-0.25, -0.2) is 10.9 Å². The lowest BCUT2D eigenvalue weighted by Crippen LogP contribution is -2.34. The fourth-order valence-electron chi connectivity index (χ4n) is 1.13. The number of nitrogens with one attached hydrogen (secondary N) is 2. The number of hydrogen-bond acceptors (Lipinski definition) is 5. The van der Waals surface area contributed by atoms with Crippen LogP contribution in [0.15, 0.2) is 26.1 Å². The lowest BCUT2D eigenvalue weighted by Gasteiger charge is -2.01. The molecule has 17 heavy (non-hydrogen) atoms. The quantitative estimate of drug-likeness (QED) is 0.489. The third-order valence-electron chi connectivity index (χ3n) is 1.92. The molecule has 1 aromatic heterocycles. The molecule has 6 nitrogen and oxygen atoms in total. The predicted octanol–water partition coefficient (Wildman–Crippen LogP) is 0.693. The van der Waals surface area contributed by atoms with Gasteiger partial charge in [0.2, 0.25) is 0 Å². The molecule has 0 bridgehead atoms. The molecule has 88 valence electrons. The number of rotatable bonds is 3. The number of amides is 2. The summed E-state index contributed by atoms with van der Waals surface area (Å²) in [6.07, 6.45) is 2.76. The highest BCUT2D eigenvalue weighted by Gasteiger charge is 2.28. The van der Waals surface area contributed by atoms with Gasteiger partial charge in [0.25, 0.3) is 11.8 Å². The van der Waals surface area contributed by atoms with Gasteiger partial charge in [-0.2, -0.15) is 10.2 Å². The van der Waals surface area contributed by atoms with Crippen LogP contribution in [0.3, 0.4) is 0 Å². The van der Waals surface area contributed by atoms with E-state index in [1.807, 2.05) is 12.1 Å². The van der Waals surface area contributed by atoms with Crippen LogP contribution >= 0.6 is 27.3 Å². The predicted molar refractivity (Wildman–Crippen MR) is 67.9 cm³/mol. The monoisotopic (exact) mass is 314 g/mol. The summed E-state index contributed by atoms with van der Waals surface area (Å²) >= 11 is 4.80. The average molecular weight is 315 g/mol. The molecule has 2 heterocycles. The Balaban J connectivity index is 1.90. The molecular weight excluding hydrogens is 308 g/mol. The SMILES string of the molecule is O=C1NN=C[C@@H]1C(=O)N/N=C\c1ccc(Br)s1. The molecule has 0 saturated heterocycles. The number of thiophene rings is 1. The minimum Gasteiger partial charge on any atom is -0.272 e. The third-order valence-corrected chi connectivity index (χ3v) is 3.48. The molecular formula is C9H7BrN4O2S. The first-order valence-corrected chi connectivity index (χ1v) is 6.19. The van der Waals surface area contributed by atoms with E-state index >= 15 is 0 Å². The molecule has 0 unspecified atom stereocenters. The molecule has 1 aromatic rings. The van der Waals surface area contributed by atoms with E-state index in [-0.39, 0.29) is 0 Å². The van der Waals surface area contributed by atoms with Gasteiger partial charge < -0.3 is 0 Å². The Bertz CT molecular complexity index is 511. The molecule has 1 aliphatic heterocycles. The smallest absolute Gasteiger partial charge is 0.258 e. The van der Waals surface area contributed by atoms with Crippen molar-refractivity contribution in [3.63, 3.8) is 0 Å². The van der Waals surface area contributed by atoms with Crippen molar-refractivity contribution in [1.82, 2.24) is 10.9 Å². The molecule has 0 saturated carbocycles. The standard InChI is InChI=1S/C9H7BrN4O2S/c10-7-2-1-5(17-7)3-11-13-8(15)6-4-12-14-9(6)16/h1-4,6H,(H,13,15)(H,14,16)/b11-3-/t6-/m1/s1. The van der Waals surface area contributed by atoms with E-state index in [4.69, 9.17) is 0 Å². The highest BCUT2D eigenvalue weighted by Crippen LogP contribution is 2.20. The zero-order valence-corrected chi connectivity index (χ0v) is 10.8. The topological polar surface area (TPSA) is 82.9 Å². The molecule has 1 aliphatic rings. The Morgan fingerprint density at radius 1 is 1.65 bits per heavy atom. The van der Waals surface area contributed by atoms with Crippen molar-refractivity contribution in [2.24, 2.45) is 16.1 Å². The molecule has 2 rings (SSSR count). The number of carbonyl (C=O) groups is 2. The Morgan fingerprint density at radius 3 is 3.06 bits per heavy atom. The first-order valence-electron chi connectivity index (χ1n) is 4.58. The van der Waals surface area contributed by atoms with Crippen LogP contribution < -0.4 is 10.9 Å². The number of hydrogen-bond donors (Lipinski definition) is 2. The van der Waals surface area contributed by atoms with Gasteiger partial charge in [0.05, 0.1) is 10.0 Å². The van der Waals surface area contributed by atoms with Gasteiger partial charge >= 0.3 is 0 Å². The molecule has 0 spiro atoms. The van der Waals surface area contributed by atoms with Crippen molar-refractivity contribution < 1.29 is 9.59 Å². The molecule has 8 heteroatoms. The third kappa shape index (κ3) is 2.98. The summed E-state index contributed by atoms with van der Waals surface area (Å²) in [6.45, 7) is 0. The van der Waals surface area contributed by atoms with Crippen molar-refractivity contribution >= 4 is 51.5 Å². The summed E-state index contributed by atoms with van der Waals surface area (Å²) in [5, 5.41) is 7.25. The van der Waals surface area contributed by atoms with Crippen molar-refractivity contribution in [2.75, 3.05) is 0 Å². The van der Waals surface area contributed by atoms with Crippen LogP contribution in [0, 0.1) is 5.92 Å². The lowest BCUT2D eigenvalue weighted by molar-refractivity contribution is -0.131. The fraction of sp³-hybridized carbons (Fsp3) is 0.111. The zero-order valence-electron chi connectivity index (χ0n) is 8.38. The van der Waals surface area contributed by atoms with Crippen molar-refractivity contribution in [1.29, 1.82) is 0 Å². The van der Waals surface area contributed by atoms with E-state index in [0.29, 0.717) is 0 Å². The molecule has 0 fully saturated rings. The first kappa shape index (κ1) is 11.9. The van der Waals surface area contributed by atoms with Crippen LogP contribution in [0.25, 0.3) is 0 Å². The summed E-state index contributed by atoms with van der Waals surface area (Å²) in [5.74, 6) is -1.85. The normalized spacial score (nSPS) is 18.6. The van der Waals surface area contributed by atoms with E-state index < -0.39 is 17.7 Å². The van der Waals surface area contributed by atoms with E-state index in [0.717, 1.165) is 8.66 Å². The van der Waals surface area contributed by atoms with Crippen molar-refractivity contribution in [3.8, 4) is 0 Å². The number of nitrogens with zero attached hydrogens (tertiary/aromatic N) is 2. The van der Waals surface area contributed by atoms with Crippen LogP contribution in [0.5, 0.6) is 0 Å². The maximum atomic E-state index is 11.5. The van der Waals surface area contributed by atoms with Crippen LogP contribution in [0.4, 0.5) is 0 Å². The van der Waals surface area contributed by atoms with Crippen LogP contribution in [-0.2, 0) is 9.59 Å². The number of halogens is 1. The molecule has 2 N–H and O–H groups in total. The van der Waals surface area contributed by atoms with Crippen molar-refractivity contribution in [2.45, 2.75) is 0 Å². The Morgan fingerprint density at radius 2 is 2.47 bits per heavy atom. The first-order chi connectivity index (χ1) is 8.16. The largest absolute Gasteiger partial charge is 0.272 e. The van der Waals surface area contributed by atoms with Gasteiger partial charge in [0.1, 0.15) is 0 Å². The fourth-order valence-corrected chi connectivity index (χ4v) is 2.42. The van der Waals surface area contributed by atoms with Crippen molar-refractivity contribution in [3.05, 3.63) is 20.8 Å². The summed E-state index contributed by atoms with van der Waals surface area (Å²) < 4.78 is 0.979. The Labute approximate surface area is 109 Å². The minimum absolute atomic E-state index is 0.448. The molecule has 1 atom stereocenters. The van der Waals surface area contributed by atoms with Crippen LogP contribution in [0.1, 0.15) is 4.88 Å². The van der Waals surface area contributed by atoms with Gasteiger partial charge in [0.15, 0.2) is 5.92 Å². The van der Waals surface area contributed by atoms with E-state index in [1.54, 1.807) is 0 Å². The highest BCUT2D eigenvalue weighted by atomic mass is 79.9. The minimum atomic E-state index is -0.901. The second-order valence-corrected chi connectivity index (χ2v) is 5.60. The Kier molecular flexibility index (Phi) is 3.64. The van der Waals surface area contributed by atoms with Gasteiger partial charge in [0, 0.05) is 11.1 Å². The summed E-state index contributed by atoms with van der Waals surface area (Å²) in [5.41, 5.74) is 4.46. The van der Waals surface area contributed by atoms with Gasteiger partial charge in [-0.3, -0.25) is 9.59 Å². The zero-order chi connectivity index (χ0) is 12.3. The van der Waals surface area contributed by atoms with Gasteiger partial charge in [-0.05, 0) is 28.1 Å². The molecule has 0 aliphatic carbocycles. The summed E-state index contributed by atoms with van der Waals surface area (Å²) in [6, 6.07) is 3.74. The van der Waals surface area contributed by atoms with E-state index in [9.17, 15) is 9.59 Å². The second-order valence-electron chi connectivity index (χ2n) is 3.11. The van der Waals surface area contributed by atoms with Gasteiger partial charge in [-0.1, -0.05) is 0 Å². The molecule has 2 amide bonds. The molecule has 0 radical (unpaired) electrons. The van der Waals surface area contributed by atoms with Crippen LogP contribution in [-0.4, -0.2) is 24.2 Å². The number of carbonyl (C=O) groups excluding carboxylic acids is 2.